The zero-order valence-corrected chi connectivity index (χ0v) is 11.6. The van der Waals surface area contributed by atoms with E-state index in [4.69, 9.17) is 10.6 Å². The van der Waals surface area contributed by atoms with Crippen molar-refractivity contribution in [3.05, 3.63) is 29.8 Å². The summed E-state index contributed by atoms with van der Waals surface area (Å²) in [7, 11) is 1.71. The topological polar surface area (TPSA) is 76.4 Å². The second-order valence-electron chi connectivity index (χ2n) is 5.50. The maximum atomic E-state index is 12.3. The number of hydrazine groups is 1. The van der Waals surface area contributed by atoms with Crippen LogP contribution in [0.5, 0.6) is 0 Å². The maximum Gasteiger partial charge on any atom is 0.253 e. The van der Waals surface area contributed by atoms with Crippen molar-refractivity contribution in [3.63, 3.8) is 0 Å². The second-order valence-corrected chi connectivity index (χ2v) is 5.50. The van der Waals surface area contributed by atoms with Crippen molar-refractivity contribution in [2.45, 2.75) is 32.4 Å². The number of hydrogen-bond acceptors (Lipinski definition) is 4. The molecule has 1 fully saturated rings. The number of rotatable bonds is 4. The Bertz CT molecular complexity index is 474. The van der Waals surface area contributed by atoms with Crippen molar-refractivity contribution in [2.75, 3.05) is 12.5 Å². The van der Waals surface area contributed by atoms with Crippen LogP contribution in [0.25, 0.3) is 0 Å². The van der Waals surface area contributed by atoms with Crippen LogP contribution < -0.4 is 16.6 Å². The molecule has 1 aliphatic carbocycles. The lowest BCUT2D eigenvalue weighted by Gasteiger charge is -2.51. The summed E-state index contributed by atoms with van der Waals surface area (Å²) in [4.78, 5) is 12.3. The number of nitrogens with two attached hydrogens (primary N) is 1. The van der Waals surface area contributed by atoms with Gasteiger partial charge < -0.3 is 15.5 Å². The van der Waals surface area contributed by atoms with Crippen molar-refractivity contribution >= 4 is 11.6 Å². The number of methoxy groups -OCH3 is 1. The van der Waals surface area contributed by atoms with E-state index in [2.05, 4.69) is 24.6 Å². The predicted octanol–water partition coefficient (Wildman–Crippen LogP) is 1.52. The molecule has 0 aliphatic heterocycles. The van der Waals surface area contributed by atoms with Gasteiger partial charge in [0, 0.05) is 18.6 Å². The molecule has 0 aromatic heterocycles. The minimum absolute atomic E-state index is 0.0461. The highest BCUT2D eigenvalue weighted by atomic mass is 16.5. The third-order valence-electron chi connectivity index (χ3n) is 4.09. The van der Waals surface area contributed by atoms with E-state index in [0.717, 1.165) is 6.42 Å². The number of para-hydroxylation sites is 1. The number of amides is 1. The van der Waals surface area contributed by atoms with Gasteiger partial charge in [-0.3, -0.25) is 10.6 Å². The Kier molecular flexibility index (Phi) is 3.78. The minimum atomic E-state index is -0.110. The van der Waals surface area contributed by atoms with Crippen molar-refractivity contribution in [1.29, 1.82) is 0 Å². The molecule has 0 bridgehead atoms. The van der Waals surface area contributed by atoms with E-state index >= 15 is 0 Å². The molecule has 5 heteroatoms. The molecule has 2 unspecified atom stereocenters. The third-order valence-corrected chi connectivity index (χ3v) is 4.09. The van der Waals surface area contributed by atoms with Crippen molar-refractivity contribution in [2.24, 2.45) is 11.3 Å². The lowest BCUT2D eigenvalue weighted by atomic mass is 9.64. The maximum absolute atomic E-state index is 12.3. The summed E-state index contributed by atoms with van der Waals surface area (Å²) in [6.45, 7) is 4.20. The molecule has 4 N–H and O–H groups in total. The van der Waals surface area contributed by atoms with Gasteiger partial charge in [-0.2, -0.15) is 0 Å². The summed E-state index contributed by atoms with van der Waals surface area (Å²) in [6, 6.07) is 7.30. The highest BCUT2D eigenvalue weighted by Crippen LogP contribution is 2.42. The molecule has 1 saturated carbocycles. The minimum Gasteiger partial charge on any atom is -0.381 e. The van der Waals surface area contributed by atoms with Gasteiger partial charge in [-0.1, -0.05) is 26.0 Å². The highest BCUT2D eigenvalue weighted by Gasteiger charge is 2.49. The summed E-state index contributed by atoms with van der Waals surface area (Å²) in [5.74, 6) is 5.30. The number of benzene rings is 1. The van der Waals surface area contributed by atoms with E-state index in [9.17, 15) is 4.79 Å². The quantitative estimate of drug-likeness (QED) is 0.568. The highest BCUT2D eigenvalue weighted by molar-refractivity contribution is 5.99. The molecule has 0 heterocycles. The molecule has 19 heavy (non-hydrogen) atoms. The van der Waals surface area contributed by atoms with E-state index < -0.39 is 0 Å². The Balaban J connectivity index is 2.07. The van der Waals surface area contributed by atoms with Crippen LogP contribution in [0.1, 0.15) is 30.6 Å². The molecule has 2 atom stereocenters. The van der Waals surface area contributed by atoms with Gasteiger partial charge in [0.15, 0.2) is 0 Å². The van der Waals surface area contributed by atoms with E-state index in [0.29, 0.717) is 11.3 Å². The zero-order chi connectivity index (χ0) is 14.0. The number of nitrogen functional groups attached to an aromatic ring is 1. The molecule has 0 spiro atoms. The molecule has 1 aromatic carbocycles. The van der Waals surface area contributed by atoms with E-state index in [1.807, 2.05) is 12.1 Å². The van der Waals surface area contributed by atoms with Crippen molar-refractivity contribution in [1.82, 2.24) is 5.32 Å². The van der Waals surface area contributed by atoms with E-state index in [-0.39, 0.29) is 23.5 Å². The molecule has 1 amide bonds. The summed E-state index contributed by atoms with van der Waals surface area (Å²) < 4.78 is 5.38. The first kappa shape index (κ1) is 13.8. The average molecular weight is 263 g/mol. The van der Waals surface area contributed by atoms with Crippen LogP contribution in [0, 0.1) is 5.41 Å². The molecule has 0 saturated heterocycles. The molecular formula is C14H21N3O2. The van der Waals surface area contributed by atoms with Crippen molar-refractivity contribution in [3.8, 4) is 0 Å². The van der Waals surface area contributed by atoms with Crippen LogP contribution in [0.4, 0.5) is 5.69 Å². The second kappa shape index (κ2) is 5.19. The molecule has 2 rings (SSSR count). The van der Waals surface area contributed by atoms with Gasteiger partial charge in [0.2, 0.25) is 0 Å². The molecule has 104 valence electrons. The Labute approximate surface area is 113 Å². The number of carbonyl (C=O) groups is 1. The van der Waals surface area contributed by atoms with Gasteiger partial charge in [0.1, 0.15) is 0 Å². The molecule has 1 aliphatic rings. The Hall–Kier alpha value is -1.59. The van der Waals surface area contributed by atoms with Gasteiger partial charge in [-0.15, -0.1) is 0 Å². The van der Waals surface area contributed by atoms with Crippen LogP contribution in [0.2, 0.25) is 0 Å². The van der Waals surface area contributed by atoms with E-state index in [1.165, 1.54) is 0 Å². The first-order chi connectivity index (χ1) is 9.00. The van der Waals surface area contributed by atoms with Crippen LogP contribution in [0.3, 0.4) is 0 Å². The summed E-state index contributed by atoms with van der Waals surface area (Å²) >= 11 is 0. The number of ether oxygens (including phenoxy) is 1. The summed E-state index contributed by atoms with van der Waals surface area (Å²) in [5.41, 5.74) is 3.68. The zero-order valence-electron chi connectivity index (χ0n) is 11.6. The Morgan fingerprint density at radius 3 is 2.68 bits per heavy atom. The SMILES string of the molecule is COC1CC(NC(=O)c2ccccc2NN)C1(C)C. The van der Waals surface area contributed by atoms with Crippen molar-refractivity contribution < 1.29 is 9.53 Å². The van der Waals surface area contributed by atoms with Gasteiger partial charge in [-0.05, 0) is 18.6 Å². The number of carbonyl (C=O) groups excluding carboxylic acids is 1. The average Bonchev–Trinajstić information content (AvgIpc) is 2.42. The largest absolute Gasteiger partial charge is 0.381 e. The monoisotopic (exact) mass is 263 g/mol. The van der Waals surface area contributed by atoms with Gasteiger partial charge >= 0.3 is 0 Å². The first-order valence-corrected chi connectivity index (χ1v) is 6.40. The normalized spacial score (nSPS) is 24.4. The number of nitrogens with one attached hydrogen (secondary N) is 2. The molecule has 0 radical (unpaired) electrons. The molecule has 5 nitrogen and oxygen atoms in total. The number of anilines is 1. The standard InChI is InChI=1S/C14H21N3O2/c1-14(2)11(8-12(14)19-3)16-13(18)9-6-4-5-7-10(9)17-15/h4-7,11-12,17H,8,15H2,1-3H3,(H,16,18). The van der Waals surface area contributed by atoms with Crippen LogP contribution in [-0.2, 0) is 4.74 Å². The Morgan fingerprint density at radius 2 is 2.11 bits per heavy atom. The summed E-state index contributed by atoms with van der Waals surface area (Å²) in [6.07, 6.45) is 1.04. The summed E-state index contributed by atoms with van der Waals surface area (Å²) in [5, 5.41) is 3.05. The lowest BCUT2D eigenvalue weighted by molar-refractivity contribution is -0.0942. The van der Waals surface area contributed by atoms with Crippen LogP contribution in [-0.4, -0.2) is 25.2 Å². The fraction of sp³-hybridized carbons (Fsp3) is 0.500. The van der Waals surface area contributed by atoms with Gasteiger partial charge in [0.25, 0.3) is 5.91 Å². The van der Waals surface area contributed by atoms with Crippen LogP contribution >= 0.6 is 0 Å². The fourth-order valence-electron chi connectivity index (χ4n) is 2.57. The van der Waals surface area contributed by atoms with E-state index in [1.54, 1.807) is 19.2 Å². The van der Waals surface area contributed by atoms with Gasteiger partial charge in [-0.25, -0.2) is 0 Å². The fourth-order valence-corrected chi connectivity index (χ4v) is 2.57. The first-order valence-electron chi connectivity index (χ1n) is 6.40. The molecule has 1 aromatic rings. The lowest BCUT2D eigenvalue weighted by Crippen LogP contribution is -2.61. The molecular weight excluding hydrogens is 242 g/mol. The third kappa shape index (κ3) is 2.43. The van der Waals surface area contributed by atoms with Crippen LogP contribution in [0.15, 0.2) is 24.3 Å². The smallest absolute Gasteiger partial charge is 0.253 e. The predicted molar refractivity (Wildman–Crippen MR) is 74.7 cm³/mol. The van der Waals surface area contributed by atoms with Gasteiger partial charge in [0.05, 0.1) is 17.4 Å². The number of hydrogen-bond donors (Lipinski definition) is 3. The Morgan fingerprint density at radius 1 is 1.42 bits per heavy atom.